The van der Waals surface area contributed by atoms with Crippen LogP contribution in [0.25, 0.3) is 0 Å². The number of nitrogens with zero attached hydrogens (tertiary/aromatic N) is 1. The van der Waals surface area contributed by atoms with E-state index in [0.717, 1.165) is 38.1 Å². The molecule has 0 aromatic heterocycles. The summed E-state index contributed by atoms with van der Waals surface area (Å²) < 4.78 is 0. The Balaban J connectivity index is 2.30. The number of carbonyl (C=O) groups excluding carboxylic acids is 1. The van der Waals surface area contributed by atoms with E-state index < -0.39 is 0 Å². The topological polar surface area (TPSA) is 46.3 Å². The number of carbonyl (C=O) groups is 1. The van der Waals surface area contributed by atoms with Gasteiger partial charge in [0.2, 0.25) is 5.91 Å². The minimum absolute atomic E-state index is 0.152. The summed E-state index contributed by atoms with van der Waals surface area (Å²) in [5.41, 5.74) is 5.83. The molecule has 82 valence electrons. The Morgan fingerprint density at radius 1 is 1.43 bits per heavy atom. The van der Waals surface area contributed by atoms with Crippen LogP contribution in [0.4, 0.5) is 0 Å². The fraction of sp³-hybridized carbons (Fsp3) is 0.900. The van der Waals surface area contributed by atoms with Crippen LogP contribution >= 0.6 is 11.8 Å². The van der Waals surface area contributed by atoms with Crippen LogP contribution in [-0.2, 0) is 4.79 Å². The van der Waals surface area contributed by atoms with E-state index in [4.69, 9.17) is 5.73 Å². The van der Waals surface area contributed by atoms with Crippen molar-refractivity contribution >= 4 is 17.7 Å². The van der Waals surface area contributed by atoms with Gasteiger partial charge in [0.05, 0.1) is 6.04 Å². The van der Waals surface area contributed by atoms with Crippen molar-refractivity contribution in [2.45, 2.75) is 31.7 Å². The van der Waals surface area contributed by atoms with Crippen molar-refractivity contribution in [3.05, 3.63) is 0 Å². The summed E-state index contributed by atoms with van der Waals surface area (Å²) in [7, 11) is 0. The SMILES string of the molecule is CSCCC(N)C(=O)N1CCCCC1. The van der Waals surface area contributed by atoms with Crippen molar-refractivity contribution in [2.24, 2.45) is 5.73 Å². The maximum absolute atomic E-state index is 11.8. The molecule has 3 nitrogen and oxygen atoms in total. The van der Waals surface area contributed by atoms with Gasteiger partial charge in [-0.3, -0.25) is 4.79 Å². The molecule has 14 heavy (non-hydrogen) atoms. The molecule has 1 saturated heterocycles. The van der Waals surface area contributed by atoms with Gasteiger partial charge >= 0.3 is 0 Å². The molecule has 0 radical (unpaired) electrons. The first-order valence-corrected chi connectivity index (χ1v) is 6.68. The fourth-order valence-corrected chi connectivity index (χ4v) is 2.21. The second-order valence-electron chi connectivity index (χ2n) is 3.77. The second kappa shape index (κ2) is 6.30. The highest BCUT2D eigenvalue weighted by Gasteiger charge is 2.21. The third-order valence-corrected chi connectivity index (χ3v) is 3.26. The third kappa shape index (κ3) is 3.50. The molecule has 1 heterocycles. The predicted octanol–water partition coefficient (Wildman–Crippen LogP) is 1.08. The van der Waals surface area contributed by atoms with Gasteiger partial charge in [-0.1, -0.05) is 0 Å². The zero-order valence-corrected chi connectivity index (χ0v) is 9.68. The van der Waals surface area contributed by atoms with Gasteiger partial charge < -0.3 is 10.6 Å². The van der Waals surface area contributed by atoms with E-state index in [9.17, 15) is 4.79 Å². The van der Waals surface area contributed by atoms with Crippen LogP contribution in [0.5, 0.6) is 0 Å². The standard InChI is InChI=1S/C10H20N2OS/c1-14-8-5-9(11)10(13)12-6-3-2-4-7-12/h9H,2-8,11H2,1H3. The van der Waals surface area contributed by atoms with Gasteiger partial charge in [0.1, 0.15) is 0 Å². The zero-order valence-electron chi connectivity index (χ0n) is 8.87. The quantitative estimate of drug-likeness (QED) is 0.765. The maximum Gasteiger partial charge on any atom is 0.239 e. The van der Waals surface area contributed by atoms with E-state index >= 15 is 0 Å². The van der Waals surface area contributed by atoms with Gasteiger partial charge in [0.15, 0.2) is 0 Å². The van der Waals surface area contributed by atoms with E-state index in [2.05, 4.69) is 0 Å². The molecule has 1 rings (SSSR count). The molecule has 0 saturated carbocycles. The number of rotatable bonds is 4. The Hall–Kier alpha value is -0.220. The number of hydrogen-bond acceptors (Lipinski definition) is 3. The summed E-state index contributed by atoms with van der Waals surface area (Å²) >= 11 is 1.74. The lowest BCUT2D eigenvalue weighted by molar-refractivity contribution is -0.133. The Bertz CT molecular complexity index is 181. The van der Waals surface area contributed by atoms with E-state index in [1.807, 2.05) is 11.2 Å². The van der Waals surface area contributed by atoms with Crippen LogP contribution < -0.4 is 5.73 Å². The molecule has 1 amide bonds. The van der Waals surface area contributed by atoms with Crippen LogP contribution in [-0.4, -0.2) is 41.9 Å². The number of nitrogens with two attached hydrogens (primary N) is 1. The van der Waals surface area contributed by atoms with Crippen molar-refractivity contribution < 1.29 is 4.79 Å². The first-order valence-electron chi connectivity index (χ1n) is 5.29. The average molecular weight is 216 g/mol. The van der Waals surface area contributed by atoms with Crippen molar-refractivity contribution in [1.82, 2.24) is 4.90 Å². The van der Waals surface area contributed by atoms with Gasteiger partial charge in [0, 0.05) is 13.1 Å². The predicted molar refractivity (Wildman–Crippen MR) is 61.4 cm³/mol. The van der Waals surface area contributed by atoms with E-state index in [1.165, 1.54) is 6.42 Å². The monoisotopic (exact) mass is 216 g/mol. The molecule has 1 aliphatic rings. The van der Waals surface area contributed by atoms with E-state index in [0.29, 0.717) is 0 Å². The van der Waals surface area contributed by atoms with Crippen molar-refractivity contribution in [1.29, 1.82) is 0 Å². The van der Waals surface area contributed by atoms with Crippen LogP contribution in [0.1, 0.15) is 25.7 Å². The summed E-state index contributed by atoms with van der Waals surface area (Å²) in [6.45, 7) is 1.82. The molecule has 4 heteroatoms. The van der Waals surface area contributed by atoms with Crippen LogP contribution in [0, 0.1) is 0 Å². The lowest BCUT2D eigenvalue weighted by Crippen LogP contribution is -2.46. The summed E-state index contributed by atoms with van der Waals surface area (Å²) in [5.74, 6) is 1.12. The minimum atomic E-state index is -0.277. The lowest BCUT2D eigenvalue weighted by atomic mass is 10.1. The van der Waals surface area contributed by atoms with Crippen LogP contribution in [0.15, 0.2) is 0 Å². The lowest BCUT2D eigenvalue weighted by Gasteiger charge is -2.29. The molecule has 1 aliphatic heterocycles. The number of hydrogen-bond donors (Lipinski definition) is 1. The van der Waals surface area contributed by atoms with Crippen molar-refractivity contribution in [3.63, 3.8) is 0 Å². The molecule has 0 bridgehead atoms. The average Bonchev–Trinajstić information content (AvgIpc) is 2.26. The van der Waals surface area contributed by atoms with Crippen LogP contribution in [0.2, 0.25) is 0 Å². The normalized spacial score (nSPS) is 19.4. The molecule has 0 aromatic carbocycles. The first kappa shape index (κ1) is 11.9. The highest BCUT2D eigenvalue weighted by Crippen LogP contribution is 2.11. The summed E-state index contributed by atoms with van der Waals surface area (Å²) in [5, 5.41) is 0. The maximum atomic E-state index is 11.8. The van der Waals surface area contributed by atoms with E-state index in [1.54, 1.807) is 11.8 Å². The molecule has 1 unspecified atom stereocenters. The molecule has 0 aliphatic carbocycles. The van der Waals surface area contributed by atoms with Crippen molar-refractivity contribution in [3.8, 4) is 0 Å². The Morgan fingerprint density at radius 3 is 2.64 bits per heavy atom. The highest BCUT2D eigenvalue weighted by atomic mass is 32.2. The van der Waals surface area contributed by atoms with Gasteiger partial charge in [0.25, 0.3) is 0 Å². The molecular formula is C10H20N2OS. The third-order valence-electron chi connectivity index (χ3n) is 2.62. The smallest absolute Gasteiger partial charge is 0.239 e. The summed E-state index contributed by atoms with van der Waals surface area (Å²) in [4.78, 5) is 13.7. The molecular weight excluding hydrogens is 196 g/mol. The summed E-state index contributed by atoms with van der Waals surface area (Å²) in [6, 6.07) is -0.277. The minimum Gasteiger partial charge on any atom is -0.341 e. The Kier molecular flexibility index (Phi) is 5.33. The first-order chi connectivity index (χ1) is 6.75. The Morgan fingerprint density at radius 2 is 2.07 bits per heavy atom. The van der Waals surface area contributed by atoms with Crippen LogP contribution in [0.3, 0.4) is 0 Å². The van der Waals surface area contributed by atoms with Crippen molar-refractivity contribution in [2.75, 3.05) is 25.1 Å². The molecule has 0 aromatic rings. The van der Waals surface area contributed by atoms with Gasteiger partial charge in [-0.25, -0.2) is 0 Å². The molecule has 0 spiro atoms. The zero-order chi connectivity index (χ0) is 10.4. The number of thioether (sulfide) groups is 1. The van der Waals surface area contributed by atoms with Gasteiger partial charge in [-0.2, -0.15) is 11.8 Å². The number of likely N-dealkylation sites (tertiary alicyclic amines) is 1. The number of amides is 1. The number of piperidine rings is 1. The van der Waals surface area contributed by atoms with E-state index in [-0.39, 0.29) is 11.9 Å². The molecule has 2 N–H and O–H groups in total. The molecule has 1 atom stereocenters. The molecule has 1 fully saturated rings. The summed E-state index contributed by atoms with van der Waals surface area (Å²) in [6.07, 6.45) is 6.38. The highest BCUT2D eigenvalue weighted by molar-refractivity contribution is 7.98. The van der Waals surface area contributed by atoms with Gasteiger partial charge in [-0.15, -0.1) is 0 Å². The Labute approximate surface area is 90.4 Å². The largest absolute Gasteiger partial charge is 0.341 e. The second-order valence-corrected chi connectivity index (χ2v) is 4.76. The fourth-order valence-electron chi connectivity index (χ4n) is 1.72. The van der Waals surface area contributed by atoms with Gasteiger partial charge in [-0.05, 0) is 37.7 Å².